The first-order valence-corrected chi connectivity index (χ1v) is 10.9. The van der Waals surface area contributed by atoms with Gasteiger partial charge in [-0.2, -0.15) is 0 Å². The van der Waals surface area contributed by atoms with E-state index in [1.54, 1.807) is 7.11 Å². The summed E-state index contributed by atoms with van der Waals surface area (Å²) in [5, 5.41) is 11.6. The van der Waals surface area contributed by atoms with Crippen molar-refractivity contribution in [3.8, 4) is 11.8 Å². The van der Waals surface area contributed by atoms with Crippen LogP contribution in [-0.2, 0) is 9.53 Å². The SMILES string of the molecule is CCC#CC[C@]1(C)C[C@@H](O)[C@@]2(C)C3C(OC)CCC3(CC[C@H]2C)[C@@H](C)C1=O. The molecule has 1 N–H and O–H groups in total. The summed E-state index contributed by atoms with van der Waals surface area (Å²) in [5.41, 5.74) is -0.827. The largest absolute Gasteiger partial charge is 0.393 e. The summed E-state index contributed by atoms with van der Waals surface area (Å²) in [6.07, 6.45) is 5.71. The minimum absolute atomic E-state index is 0.00426. The minimum atomic E-state index is -0.567. The van der Waals surface area contributed by atoms with Gasteiger partial charge in [-0.05, 0) is 49.4 Å². The molecule has 0 aromatic heterocycles. The fourth-order valence-corrected chi connectivity index (χ4v) is 7.07. The molecule has 8 atom stereocenters. The molecule has 3 rings (SSSR count). The summed E-state index contributed by atoms with van der Waals surface area (Å²) >= 11 is 0. The number of ether oxygens (including phenoxy) is 1. The third kappa shape index (κ3) is 2.90. The van der Waals surface area contributed by atoms with Crippen LogP contribution in [-0.4, -0.2) is 30.2 Å². The van der Waals surface area contributed by atoms with E-state index in [2.05, 4.69) is 32.6 Å². The van der Waals surface area contributed by atoms with Crippen molar-refractivity contribution < 1.29 is 14.6 Å². The molecule has 0 radical (unpaired) electrons. The van der Waals surface area contributed by atoms with E-state index >= 15 is 0 Å². The quantitative estimate of drug-likeness (QED) is 0.718. The Labute approximate surface area is 165 Å². The van der Waals surface area contributed by atoms with Gasteiger partial charge in [-0.3, -0.25) is 4.79 Å². The zero-order valence-electron chi connectivity index (χ0n) is 18.1. The van der Waals surface area contributed by atoms with Crippen LogP contribution >= 0.6 is 0 Å². The Morgan fingerprint density at radius 3 is 2.48 bits per heavy atom. The van der Waals surface area contributed by atoms with Crippen LogP contribution in [0.3, 0.4) is 0 Å². The molecule has 0 aromatic rings. The van der Waals surface area contributed by atoms with E-state index in [1.165, 1.54) is 0 Å². The van der Waals surface area contributed by atoms with E-state index in [4.69, 9.17) is 4.74 Å². The molecule has 0 aromatic carbocycles. The Kier molecular flexibility index (Phi) is 5.56. The highest BCUT2D eigenvalue weighted by Gasteiger charge is 2.67. The van der Waals surface area contributed by atoms with Gasteiger partial charge in [0, 0.05) is 36.7 Å². The van der Waals surface area contributed by atoms with Crippen LogP contribution in [0.15, 0.2) is 0 Å². The van der Waals surface area contributed by atoms with Crippen LogP contribution in [0.25, 0.3) is 0 Å². The Morgan fingerprint density at radius 2 is 1.85 bits per heavy atom. The molecule has 3 aliphatic carbocycles. The predicted octanol–water partition coefficient (Wildman–Crippen LogP) is 4.61. The minimum Gasteiger partial charge on any atom is -0.393 e. The molecular weight excluding hydrogens is 336 g/mol. The van der Waals surface area contributed by atoms with Crippen LogP contribution in [0.5, 0.6) is 0 Å². The number of aliphatic hydroxyl groups is 1. The molecule has 3 unspecified atom stereocenters. The molecular formula is C24H38O3. The molecule has 3 heteroatoms. The maximum Gasteiger partial charge on any atom is 0.143 e. The standard InChI is InChI=1S/C24H38O3/c1-7-8-9-12-22(4)15-19(25)23(5)16(2)10-13-24(17(3)21(22)26)14-11-18(27-6)20(23)24/h16-20,25H,7,10-15H2,1-6H3/t16-,17+,18?,19-,20?,22-,23+,24?/m1/s1. The average Bonchev–Trinajstić information content (AvgIpc) is 3.04. The molecule has 0 saturated heterocycles. The van der Waals surface area contributed by atoms with Crippen molar-refractivity contribution in [1.29, 1.82) is 0 Å². The molecule has 0 amide bonds. The highest BCUT2D eigenvalue weighted by atomic mass is 16.5. The maximum atomic E-state index is 13.8. The van der Waals surface area contributed by atoms with Gasteiger partial charge >= 0.3 is 0 Å². The van der Waals surface area contributed by atoms with Gasteiger partial charge in [0.1, 0.15) is 5.78 Å². The number of ketones is 1. The first kappa shape index (κ1) is 20.9. The van der Waals surface area contributed by atoms with Crippen molar-refractivity contribution in [2.75, 3.05) is 7.11 Å². The Bertz CT molecular complexity index is 646. The molecule has 3 aliphatic rings. The smallest absolute Gasteiger partial charge is 0.143 e. The van der Waals surface area contributed by atoms with Crippen LogP contribution < -0.4 is 0 Å². The zero-order chi connectivity index (χ0) is 20.0. The summed E-state index contributed by atoms with van der Waals surface area (Å²) < 4.78 is 5.94. The number of Topliss-reactive ketones (excluding diaryl/α,β-unsaturated/α-hetero) is 1. The van der Waals surface area contributed by atoms with Crippen molar-refractivity contribution in [3.63, 3.8) is 0 Å². The van der Waals surface area contributed by atoms with Crippen LogP contribution in [0.2, 0.25) is 0 Å². The van der Waals surface area contributed by atoms with Crippen LogP contribution in [0.1, 0.15) is 79.6 Å². The molecule has 152 valence electrons. The van der Waals surface area contributed by atoms with Crippen molar-refractivity contribution in [2.45, 2.75) is 91.8 Å². The maximum absolute atomic E-state index is 13.8. The lowest BCUT2D eigenvalue weighted by molar-refractivity contribution is -0.191. The lowest BCUT2D eigenvalue weighted by Gasteiger charge is -2.61. The summed E-state index contributed by atoms with van der Waals surface area (Å²) in [7, 11) is 1.80. The van der Waals surface area contributed by atoms with Crippen LogP contribution in [0.4, 0.5) is 0 Å². The fraction of sp³-hybridized carbons (Fsp3) is 0.875. The van der Waals surface area contributed by atoms with Gasteiger partial charge in [0.15, 0.2) is 0 Å². The van der Waals surface area contributed by atoms with Crippen molar-refractivity contribution in [2.24, 2.45) is 34.0 Å². The van der Waals surface area contributed by atoms with Crippen molar-refractivity contribution >= 4 is 5.78 Å². The van der Waals surface area contributed by atoms with Crippen LogP contribution in [0, 0.1) is 45.8 Å². The Morgan fingerprint density at radius 1 is 1.19 bits per heavy atom. The normalized spacial score (nSPS) is 49.6. The predicted molar refractivity (Wildman–Crippen MR) is 108 cm³/mol. The van der Waals surface area contributed by atoms with Crippen molar-refractivity contribution in [3.05, 3.63) is 0 Å². The van der Waals surface area contributed by atoms with E-state index in [1.807, 2.05) is 13.8 Å². The van der Waals surface area contributed by atoms with E-state index in [9.17, 15) is 9.90 Å². The molecule has 2 bridgehead atoms. The second-order valence-corrected chi connectivity index (χ2v) is 10.1. The second-order valence-electron chi connectivity index (χ2n) is 10.1. The van der Waals surface area contributed by atoms with E-state index in [-0.39, 0.29) is 28.8 Å². The van der Waals surface area contributed by atoms with Gasteiger partial charge < -0.3 is 9.84 Å². The van der Waals surface area contributed by atoms with Gasteiger partial charge in [0.25, 0.3) is 0 Å². The lowest BCUT2D eigenvalue weighted by atomic mass is 9.44. The molecule has 27 heavy (non-hydrogen) atoms. The summed E-state index contributed by atoms with van der Waals surface area (Å²) in [5.74, 6) is 7.34. The number of methoxy groups -OCH3 is 1. The molecule has 3 fully saturated rings. The summed E-state index contributed by atoms with van der Waals surface area (Å²) in [6.45, 7) is 10.8. The number of carbonyl (C=O) groups is 1. The molecule has 3 saturated carbocycles. The summed E-state index contributed by atoms with van der Waals surface area (Å²) in [6, 6.07) is 0. The second kappa shape index (κ2) is 7.20. The Hall–Kier alpha value is -0.850. The van der Waals surface area contributed by atoms with E-state index in [0.717, 1.165) is 32.1 Å². The summed E-state index contributed by atoms with van der Waals surface area (Å²) in [4.78, 5) is 13.8. The highest BCUT2D eigenvalue weighted by molar-refractivity contribution is 5.88. The first-order valence-electron chi connectivity index (χ1n) is 10.9. The Balaban J connectivity index is 2.12. The fourth-order valence-electron chi connectivity index (χ4n) is 7.07. The lowest BCUT2D eigenvalue weighted by Crippen LogP contribution is -2.62. The molecule has 0 heterocycles. The van der Waals surface area contributed by atoms with Gasteiger partial charge in [0.05, 0.1) is 12.2 Å². The topological polar surface area (TPSA) is 46.5 Å². The van der Waals surface area contributed by atoms with Crippen molar-refractivity contribution in [1.82, 2.24) is 0 Å². The van der Waals surface area contributed by atoms with Gasteiger partial charge in [-0.25, -0.2) is 0 Å². The molecule has 0 spiro atoms. The monoisotopic (exact) mass is 374 g/mol. The number of hydrogen-bond acceptors (Lipinski definition) is 3. The number of hydrogen-bond donors (Lipinski definition) is 1. The third-order valence-electron chi connectivity index (χ3n) is 8.96. The van der Waals surface area contributed by atoms with Gasteiger partial charge in [0.2, 0.25) is 0 Å². The number of aliphatic hydroxyl groups excluding tert-OH is 1. The molecule has 0 aliphatic heterocycles. The van der Waals surface area contributed by atoms with E-state index < -0.39 is 11.5 Å². The number of rotatable bonds is 2. The average molecular weight is 375 g/mol. The zero-order valence-corrected chi connectivity index (χ0v) is 18.1. The molecule has 3 nitrogen and oxygen atoms in total. The third-order valence-corrected chi connectivity index (χ3v) is 8.96. The number of carbonyl (C=O) groups excluding carboxylic acids is 1. The van der Waals surface area contributed by atoms with Gasteiger partial charge in [-0.15, -0.1) is 11.8 Å². The highest BCUT2D eigenvalue weighted by Crippen LogP contribution is 2.68. The van der Waals surface area contributed by atoms with Gasteiger partial charge in [-0.1, -0.05) is 34.6 Å². The first-order chi connectivity index (χ1) is 12.7. The van der Waals surface area contributed by atoms with E-state index in [0.29, 0.717) is 24.5 Å².